The van der Waals surface area contributed by atoms with E-state index in [2.05, 4.69) is 45.6 Å². The lowest BCUT2D eigenvalue weighted by Gasteiger charge is -2.28. The second-order valence-corrected chi connectivity index (χ2v) is 22.7. The molecule has 0 saturated heterocycles. The third-order valence-corrected chi connectivity index (χ3v) is 15.0. The first-order valence-electron chi connectivity index (χ1n) is 24.2. The normalized spacial score (nSPS) is 17.9. The van der Waals surface area contributed by atoms with Crippen LogP contribution >= 0.6 is 46.4 Å². The van der Waals surface area contributed by atoms with E-state index >= 15 is 0 Å². The highest BCUT2D eigenvalue weighted by molar-refractivity contribution is 7.87. The van der Waals surface area contributed by atoms with Crippen molar-refractivity contribution in [1.29, 1.82) is 0 Å². The van der Waals surface area contributed by atoms with E-state index < -0.39 is 20.4 Å². The Hall–Kier alpha value is -5.56. The van der Waals surface area contributed by atoms with Crippen molar-refractivity contribution in [2.24, 2.45) is 44.8 Å². The molecule has 2 aliphatic rings. The van der Waals surface area contributed by atoms with Gasteiger partial charge in [-0.05, 0) is 154 Å². The number of rotatable bonds is 14. The fraction of sp³-hybridized carbons (Fsp3) is 0.320. The summed E-state index contributed by atoms with van der Waals surface area (Å²) in [6.07, 6.45) is 11.7. The quantitative estimate of drug-likeness (QED) is 0.0536. The molecular weight excluding hydrogens is 1080 g/mol. The number of fused-ring (bicyclic) bond motifs is 2. The smallest absolute Gasteiger partial charge is 0.274 e. The second-order valence-electron chi connectivity index (χ2n) is 18.5. The fourth-order valence-electron chi connectivity index (χ4n) is 9.39. The van der Waals surface area contributed by atoms with E-state index in [0.717, 1.165) is 84.8 Å². The zero-order chi connectivity index (χ0) is 53.3. The lowest BCUT2D eigenvalue weighted by atomic mass is 9.82. The molecule has 4 aromatic heterocycles. The van der Waals surface area contributed by atoms with Gasteiger partial charge in [-0.3, -0.25) is 9.13 Å². The van der Waals surface area contributed by atoms with Crippen LogP contribution < -0.4 is 36.5 Å². The van der Waals surface area contributed by atoms with Crippen LogP contribution in [0.3, 0.4) is 0 Å². The number of hydrogen-bond donors (Lipinski definition) is 7. The summed E-state index contributed by atoms with van der Waals surface area (Å²) in [6.45, 7) is 2.77. The summed E-state index contributed by atoms with van der Waals surface area (Å²) >= 11 is 25.4. The van der Waals surface area contributed by atoms with E-state index in [9.17, 15) is 16.8 Å². The molecule has 0 aliphatic heterocycles. The number of benzene rings is 4. The highest BCUT2D eigenvalue weighted by Crippen LogP contribution is 2.37. The molecule has 2 fully saturated rings. The Kier molecular flexibility index (Phi) is 18.6. The zero-order valence-corrected chi connectivity index (χ0v) is 45.2. The molecule has 11 N–H and O–H groups in total. The summed E-state index contributed by atoms with van der Waals surface area (Å²) in [4.78, 5) is 28.1. The lowest BCUT2D eigenvalue weighted by molar-refractivity contribution is 0.284. The van der Waals surface area contributed by atoms with Gasteiger partial charge >= 0.3 is 0 Å². The standard InChI is InChI=1S/C25H27Cl2N7O2S.C25H26Cl2N6.H4N2O2S/c26-18-9-11-19(12-10-18)34-24(20-3-1-2-4-21(20)27)33-22-23(30-15-31-25(22)34)29-13-16-5-7-17(8-6-16)14-32-37(28,35)36;26-18-9-11-19(12-10-18)33-24(20-3-1-2-4-21(20)27)32-22-23(30-15-31-25(22)33)29-14-17-7-5-16(13-28)6-8-17;1-5(2,3)4/h1-4,9-12,15-17,32H,5-8,13-14H2,(H2,28,35,36)(H,29,30,31);1-4,9-12,15-17H,5-8,13-14,28H2,(H,29,30,31);(H4,1,2,3,4). The van der Waals surface area contributed by atoms with E-state index in [-0.39, 0.29) is 0 Å². The molecule has 8 aromatic rings. The van der Waals surface area contributed by atoms with E-state index in [1.807, 2.05) is 106 Å². The summed E-state index contributed by atoms with van der Waals surface area (Å²) in [5.41, 5.74) is 12.0. The Labute approximate surface area is 455 Å². The number of imidazole rings is 2. The highest BCUT2D eigenvalue weighted by atomic mass is 35.5. The lowest BCUT2D eigenvalue weighted by Crippen LogP contribution is -2.36. The Morgan fingerprint density at radius 1 is 0.507 bits per heavy atom. The van der Waals surface area contributed by atoms with Crippen molar-refractivity contribution in [3.05, 3.63) is 130 Å². The van der Waals surface area contributed by atoms with Crippen LogP contribution in [0.15, 0.2) is 110 Å². The van der Waals surface area contributed by atoms with Gasteiger partial charge in [0.2, 0.25) is 0 Å². The maximum Gasteiger partial charge on any atom is 0.274 e. The van der Waals surface area contributed by atoms with Crippen molar-refractivity contribution in [3.8, 4) is 34.2 Å². The van der Waals surface area contributed by atoms with Crippen LogP contribution in [0.1, 0.15) is 51.4 Å². The summed E-state index contributed by atoms with van der Waals surface area (Å²) in [7, 11) is -7.32. The summed E-state index contributed by atoms with van der Waals surface area (Å²) in [5, 5.41) is 22.8. The Morgan fingerprint density at radius 3 is 1.23 bits per heavy atom. The largest absolute Gasteiger partial charge is 0.368 e. The number of hydrogen-bond acceptors (Lipinski definition) is 13. The van der Waals surface area contributed by atoms with Crippen LogP contribution in [-0.2, 0) is 20.4 Å². The predicted octanol–water partition coefficient (Wildman–Crippen LogP) is 8.92. The average molecular weight is 1140 g/mol. The number of nitrogens with two attached hydrogens (primary N) is 4. The molecule has 25 heteroatoms. The van der Waals surface area contributed by atoms with Crippen molar-refractivity contribution in [3.63, 3.8) is 0 Å². The van der Waals surface area contributed by atoms with E-state index in [1.165, 1.54) is 32.0 Å². The van der Waals surface area contributed by atoms with Gasteiger partial charge in [-0.15, -0.1) is 0 Å². The minimum absolute atomic E-state index is 0.300. The summed E-state index contributed by atoms with van der Waals surface area (Å²) in [5.74, 6) is 4.79. The molecule has 19 nitrogen and oxygen atoms in total. The van der Waals surface area contributed by atoms with Crippen LogP contribution in [0.5, 0.6) is 0 Å². The minimum atomic E-state index is -3.67. The van der Waals surface area contributed by atoms with Gasteiger partial charge in [0, 0.05) is 52.2 Å². The fourth-order valence-corrected chi connectivity index (χ4v) is 10.5. The van der Waals surface area contributed by atoms with Crippen molar-refractivity contribution in [2.45, 2.75) is 51.4 Å². The van der Waals surface area contributed by atoms with E-state index in [0.29, 0.717) is 78.9 Å². The monoisotopic (exact) mass is 1140 g/mol. The van der Waals surface area contributed by atoms with Gasteiger partial charge in [0.05, 0.1) is 10.0 Å². The van der Waals surface area contributed by atoms with Crippen LogP contribution in [0, 0.1) is 23.7 Å². The number of aromatic nitrogens is 8. The van der Waals surface area contributed by atoms with Gasteiger partial charge < -0.3 is 16.4 Å². The molecule has 4 aromatic carbocycles. The van der Waals surface area contributed by atoms with Crippen molar-refractivity contribution in [1.82, 2.24) is 43.8 Å². The first kappa shape index (κ1) is 55.7. The molecule has 0 atom stereocenters. The molecule has 2 saturated carbocycles. The van der Waals surface area contributed by atoms with Crippen LogP contribution in [0.4, 0.5) is 11.6 Å². The molecule has 0 unspecified atom stereocenters. The average Bonchev–Trinajstić information content (AvgIpc) is 3.99. The second kappa shape index (κ2) is 25.1. The summed E-state index contributed by atoms with van der Waals surface area (Å²) in [6, 6.07) is 30.4. The maximum absolute atomic E-state index is 11.2. The third kappa shape index (κ3) is 14.9. The number of nitrogens with one attached hydrogen (secondary N) is 3. The number of anilines is 2. The molecule has 0 spiro atoms. The van der Waals surface area contributed by atoms with Gasteiger partial charge in [0.15, 0.2) is 34.0 Å². The molecule has 0 amide bonds. The number of halogens is 4. The molecule has 10 rings (SSSR count). The Balaban J connectivity index is 0.000000184. The van der Waals surface area contributed by atoms with Crippen molar-refractivity contribution >= 4 is 101 Å². The van der Waals surface area contributed by atoms with E-state index in [1.54, 1.807) is 6.33 Å². The van der Waals surface area contributed by atoms with Crippen molar-refractivity contribution in [2.75, 3.05) is 36.8 Å². The SMILES string of the molecule is NCC1CCC(CNc2ncnc3c2nc(-c2ccccc2Cl)n3-c2ccc(Cl)cc2)CC1.NS(=O)(=O)NCC1CCC(CNc2ncnc3c2nc(-c2ccccc2Cl)n3-c2ccc(Cl)cc2)CC1.NS(N)(=O)=O. The van der Waals surface area contributed by atoms with Crippen LogP contribution in [0.2, 0.25) is 20.1 Å². The third-order valence-electron chi connectivity index (χ3n) is 13.2. The van der Waals surface area contributed by atoms with Gasteiger partial charge in [-0.2, -0.15) is 16.8 Å². The first-order valence-corrected chi connectivity index (χ1v) is 28.8. The number of nitrogens with zero attached hydrogens (tertiary/aromatic N) is 8. The van der Waals surface area contributed by atoms with Crippen LogP contribution in [0.25, 0.3) is 56.5 Å². The maximum atomic E-state index is 11.2. The summed E-state index contributed by atoms with van der Waals surface area (Å²) < 4.78 is 47.1. The molecule has 2 aliphatic carbocycles. The molecule has 4 heterocycles. The Morgan fingerprint density at radius 2 is 0.867 bits per heavy atom. The van der Waals surface area contributed by atoms with Crippen molar-refractivity contribution < 1.29 is 16.8 Å². The van der Waals surface area contributed by atoms with Crippen LogP contribution in [-0.4, -0.2) is 82.1 Å². The molecule has 75 heavy (non-hydrogen) atoms. The minimum Gasteiger partial charge on any atom is -0.368 e. The van der Waals surface area contributed by atoms with Gasteiger partial charge in [-0.25, -0.2) is 50.0 Å². The predicted molar refractivity (Wildman–Crippen MR) is 300 cm³/mol. The molecule has 0 radical (unpaired) electrons. The first-order chi connectivity index (χ1) is 35.9. The van der Waals surface area contributed by atoms with E-state index in [4.69, 9.17) is 67.2 Å². The van der Waals surface area contributed by atoms with Gasteiger partial charge in [0.1, 0.15) is 24.3 Å². The molecular formula is C50H57Cl4N15O4S2. The molecule has 0 bridgehead atoms. The highest BCUT2D eigenvalue weighted by Gasteiger charge is 2.26. The van der Waals surface area contributed by atoms with Gasteiger partial charge in [0.25, 0.3) is 20.4 Å². The Bertz CT molecular complexity index is 3440. The topological polar surface area (TPSA) is 296 Å². The molecule has 396 valence electrons. The zero-order valence-electron chi connectivity index (χ0n) is 40.5. The van der Waals surface area contributed by atoms with Gasteiger partial charge in [-0.1, -0.05) is 70.7 Å².